The minimum absolute atomic E-state index is 0.119. The van der Waals surface area contributed by atoms with E-state index >= 15 is 0 Å². The number of unbranched alkanes of at least 4 members (excludes halogenated alkanes) is 1. The molecular formula is C8H20NO3P. The summed E-state index contributed by atoms with van der Waals surface area (Å²) in [6.07, 6.45) is 2.91. The summed E-state index contributed by atoms with van der Waals surface area (Å²) in [7, 11) is -1.29. The highest BCUT2D eigenvalue weighted by atomic mass is 31.2. The number of rotatable bonds is 8. The molecule has 0 rings (SSSR count). The van der Waals surface area contributed by atoms with Crippen molar-refractivity contribution in [2.75, 3.05) is 26.4 Å². The van der Waals surface area contributed by atoms with Crippen LogP contribution in [0.2, 0.25) is 0 Å². The molecule has 0 saturated carbocycles. The van der Waals surface area contributed by atoms with Crippen LogP contribution in [0.25, 0.3) is 0 Å². The van der Waals surface area contributed by atoms with Crippen molar-refractivity contribution >= 4 is 8.38 Å². The van der Waals surface area contributed by atoms with Gasteiger partial charge in [-0.2, -0.15) is 0 Å². The average Bonchev–Trinajstić information content (AvgIpc) is 2.10. The Morgan fingerprint density at radius 2 is 2.15 bits per heavy atom. The van der Waals surface area contributed by atoms with E-state index in [0.717, 1.165) is 19.3 Å². The van der Waals surface area contributed by atoms with Gasteiger partial charge in [0.25, 0.3) is 0 Å². The van der Waals surface area contributed by atoms with Crippen molar-refractivity contribution in [3.8, 4) is 0 Å². The molecule has 4 N–H and O–H groups in total. The summed E-state index contributed by atoms with van der Waals surface area (Å²) in [4.78, 5) is 8.91. The number of hydrogen-bond donors (Lipinski definition) is 3. The lowest BCUT2D eigenvalue weighted by molar-refractivity contribution is 0.155. The monoisotopic (exact) mass is 209 g/mol. The van der Waals surface area contributed by atoms with Crippen LogP contribution in [0.5, 0.6) is 0 Å². The van der Waals surface area contributed by atoms with Crippen LogP contribution in [-0.2, 0) is 4.52 Å². The van der Waals surface area contributed by atoms with Gasteiger partial charge in [0, 0.05) is 19.2 Å². The highest BCUT2D eigenvalue weighted by Gasteiger charge is 2.08. The van der Waals surface area contributed by atoms with Crippen molar-refractivity contribution in [3.63, 3.8) is 0 Å². The molecule has 0 aliphatic heterocycles. The van der Waals surface area contributed by atoms with Crippen molar-refractivity contribution < 1.29 is 14.5 Å². The van der Waals surface area contributed by atoms with Gasteiger partial charge < -0.3 is 20.3 Å². The first kappa shape index (κ1) is 13.3. The van der Waals surface area contributed by atoms with Gasteiger partial charge in [-0.3, -0.25) is 0 Å². The van der Waals surface area contributed by atoms with Gasteiger partial charge in [-0.05, 0) is 19.4 Å². The van der Waals surface area contributed by atoms with E-state index in [4.69, 9.17) is 20.3 Å². The summed E-state index contributed by atoms with van der Waals surface area (Å²) < 4.78 is 5.05. The fraction of sp³-hybridized carbons (Fsp3) is 1.00. The normalized spacial score (nSPS) is 15.7. The van der Waals surface area contributed by atoms with E-state index in [0.29, 0.717) is 13.2 Å². The molecule has 0 aromatic carbocycles. The van der Waals surface area contributed by atoms with Crippen molar-refractivity contribution in [3.05, 3.63) is 0 Å². The van der Waals surface area contributed by atoms with Gasteiger partial charge in [0.15, 0.2) is 8.38 Å². The molecule has 2 unspecified atom stereocenters. The van der Waals surface area contributed by atoms with E-state index < -0.39 is 8.38 Å². The largest absolute Gasteiger partial charge is 0.396 e. The van der Waals surface area contributed by atoms with Gasteiger partial charge in [-0.15, -0.1) is 0 Å². The van der Waals surface area contributed by atoms with Gasteiger partial charge >= 0.3 is 0 Å². The minimum atomic E-state index is -1.29. The molecule has 0 aromatic rings. The molecule has 0 aromatic heterocycles. The lowest BCUT2D eigenvalue weighted by Crippen LogP contribution is -2.13. The third kappa shape index (κ3) is 8.60. The molecule has 4 nitrogen and oxygen atoms in total. The molecule has 2 atom stereocenters. The van der Waals surface area contributed by atoms with Crippen LogP contribution in [0.1, 0.15) is 19.3 Å². The zero-order chi connectivity index (χ0) is 10.1. The molecule has 13 heavy (non-hydrogen) atoms. The Morgan fingerprint density at radius 1 is 1.46 bits per heavy atom. The Balaban J connectivity index is 3.39. The van der Waals surface area contributed by atoms with Crippen LogP contribution in [0.3, 0.4) is 0 Å². The van der Waals surface area contributed by atoms with Gasteiger partial charge in [0.05, 0.1) is 6.61 Å². The summed E-state index contributed by atoms with van der Waals surface area (Å²) >= 11 is 0. The smallest absolute Gasteiger partial charge is 0.164 e. The molecular weight excluding hydrogens is 189 g/mol. The fourth-order valence-electron chi connectivity index (χ4n) is 1.02. The third-order valence-corrected chi connectivity index (χ3v) is 2.34. The summed E-state index contributed by atoms with van der Waals surface area (Å²) in [5.41, 5.74) is 5.35. The molecule has 5 heteroatoms. The SMILES string of the molecule is CP(O)OCC(CO)CCCCN. The van der Waals surface area contributed by atoms with Crippen LogP contribution in [0, 0.1) is 5.92 Å². The molecule has 0 radical (unpaired) electrons. The van der Waals surface area contributed by atoms with E-state index in [2.05, 4.69) is 0 Å². The first-order chi connectivity index (χ1) is 6.20. The quantitative estimate of drug-likeness (QED) is 0.406. The zero-order valence-corrected chi connectivity index (χ0v) is 9.04. The van der Waals surface area contributed by atoms with E-state index in [1.165, 1.54) is 0 Å². The second kappa shape index (κ2) is 8.85. The van der Waals surface area contributed by atoms with Crippen LogP contribution in [0.4, 0.5) is 0 Å². The Morgan fingerprint density at radius 3 is 2.62 bits per heavy atom. The molecule has 80 valence electrons. The number of aliphatic hydroxyl groups is 1. The molecule has 0 amide bonds. The van der Waals surface area contributed by atoms with Gasteiger partial charge in [-0.1, -0.05) is 6.42 Å². The van der Waals surface area contributed by atoms with Gasteiger partial charge in [0.2, 0.25) is 0 Å². The predicted octanol–water partition coefficient (Wildman–Crippen LogP) is 0.674. The number of aliphatic hydroxyl groups excluding tert-OH is 1. The van der Waals surface area contributed by atoms with Crippen molar-refractivity contribution in [2.24, 2.45) is 11.7 Å². The molecule has 0 aliphatic rings. The zero-order valence-electron chi connectivity index (χ0n) is 8.15. The second-order valence-corrected chi connectivity index (χ2v) is 4.28. The van der Waals surface area contributed by atoms with Crippen molar-refractivity contribution in [1.29, 1.82) is 0 Å². The van der Waals surface area contributed by atoms with Crippen LogP contribution < -0.4 is 5.73 Å². The summed E-state index contributed by atoms with van der Waals surface area (Å²) in [6, 6.07) is 0. The minimum Gasteiger partial charge on any atom is -0.396 e. The van der Waals surface area contributed by atoms with E-state index in [1.54, 1.807) is 6.66 Å². The molecule has 0 saturated heterocycles. The number of nitrogens with two attached hydrogens (primary N) is 1. The van der Waals surface area contributed by atoms with E-state index in [-0.39, 0.29) is 12.5 Å². The molecule has 0 fully saturated rings. The van der Waals surface area contributed by atoms with Gasteiger partial charge in [-0.25, -0.2) is 0 Å². The Labute approximate surface area is 81.0 Å². The average molecular weight is 209 g/mol. The van der Waals surface area contributed by atoms with E-state index in [1.807, 2.05) is 0 Å². The Hall–Kier alpha value is 0.270. The molecule has 0 spiro atoms. The second-order valence-electron chi connectivity index (χ2n) is 3.09. The Kier molecular flexibility index (Phi) is 9.03. The number of hydrogen-bond acceptors (Lipinski definition) is 4. The maximum absolute atomic E-state index is 8.95. The maximum atomic E-state index is 8.95. The topological polar surface area (TPSA) is 75.7 Å². The lowest BCUT2D eigenvalue weighted by atomic mass is 10.0. The van der Waals surface area contributed by atoms with Gasteiger partial charge in [0.1, 0.15) is 0 Å². The highest BCUT2D eigenvalue weighted by molar-refractivity contribution is 7.45. The fourth-order valence-corrected chi connectivity index (χ4v) is 1.44. The first-order valence-corrected chi connectivity index (χ1v) is 6.23. The standard InChI is InChI=1S/C8H20NO3P/c1-13(11)12-7-8(6-10)4-2-3-5-9/h8,10-11H,2-7,9H2,1H3. The summed E-state index contributed by atoms with van der Waals surface area (Å²) in [5, 5.41) is 8.95. The van der Waals surface area contributed by atoms with Crippen molar-refractivity contribution in [2.45, 2.75) is 19.3 Å². The van der Waals surface area contributed by atoms with E-state index in [9.17, 15) is 0 Å². The molecule has 0 aliphatic carbocycles. The third-order valence-electron chi connectivity index (χ3n) is 1.82. The summed E-state index contributed by atoms with van der Waals surface area (Å²) in [6.45, 7) is 2.89. The van der Waals surface area contributed by atoms with Crippen molar-refractivity contribution in [1.82, 2.24) is 0 Å². The molecule has 0 bridgehead atoms. The van der Waals surface area contributed by atoms with Crippen LogP contribution in [0.15, 0.2) is 0 Å². The molecule has 0 heterocycles. The maximum Gasteiger partial charge on any atom is 0.164 e. The predicted molar refractivity (Wildman–Crippen MR) is 54.5 cm³/mol. The highest BCUT2D eigenvalue weighted by Crippen LogP contribution is 2.26. The Bertz CT molecular complexity index is 114. The van der Waals surface area contributed by atoms with Crippen LogP contribution >= 0.6 is 8.38 Å². The first-order valence-electron chi connectivity index (χ1n) is 4.57. The summed E-state index contributed by atoms with van der Waals surface area (Å²) in [5.74, 6) is 0.142. The lowest BCUT2D eigenvalue weighted by Gasteiger charge is -2.14. The van der Waals surface area contributed by atoms with Crippen LogP contribution in [-0.4, -0.2) is 36.4 Å².